The molecular formula is C15H18F3NO6. The van der Waals surface area contributed by atoms with Crippen LogP contribution in [0.4, 0.5) is 13.2 Å². The minimum absolute atomic E-state index is 0.259. The Labute approximate surface area is 141 Å². The lowest BCUT2D eigenvalue weighted by Crippen LogP contribution is -2.44. The summed E-state index contributed by atoms with van der Waals surface area (Å²) in [4.78, 5) is 22.8. The van der Waals surface area contributed by atoms with Crippen molar-refractivity contribution in [2.75, 3.05) is 21.3 Å². The van der Waals surface area contributed by atoms with Gasteiger partial charge in [-0.25, -0.2) is 4.79 Å². The molecule has 0 aliphatic heterocycles. The molecule has 0 heterocycles. The fraction of sp³-hybridized carbons (Fsp3) is 0.467. The van der Waals surface area contributed by atoms with Gasteiger partial charge in [0, 0.05) is 0 Å². The molecular weight excluding hydrogens is 347 g/mol. The number of alkyl halides is 3. The summed E-state index contributed by atoms with van der Waals surface area (Å²) in [5, 5.41) is 10.7. The van der Waals surface area contributed by atoms with Gasteiger partial charge in [0.15, 0.2) is 11.5 Å². The van der Waals surface area contributed by atoms with Crippen LogP contribution in [0.3, 0.4) is 0 Å². The molecule has 0 saturated heterocycles. The molecule has 25 heavy (non-hydrogen) atoms. The van der Waals surface area contributed by atoms with Gasteiger partial charge in [-0.15, -0.1) is 0 Å². The average molecular weight is 365 g/mol. The van der Waals surface area contributed by atoms with Gasteiger partial charge in [0.05, 0.1) is 34.2 Å². The van der Waals surface area contributed by atoms with E-state index in [0.717, 1.165) is 0 Å². The summed E-state index contributed by atoms with van der Waals surface area (Å²) < 4.78 is 52.4. The van der Waals surface area contributed by atoms with Crippen molar-refractivity contribution < 1.29 is 42.1 Å². The van der Waals surface area contributed by atoms with E-state index < -0.39 is 30.5 Å². The zero-order chi connectivity index (χ0) is 19.2. The molecule has 1 atom stereocenters. The third kappa shape index (κ3) is 6.05. The van der Waals surface area contributed by atoms with Crippen LogP contribution in [-0.2, 0) is 16.0 Å². The predicted molar refractivity (Wildman–Crippen MR) is 80.0 cm³/mol. The fourth-order valence-corrected chi connectivity index (χ4v) is 2.10. The van der Waals surface area contributed by atoms with E-state index in [1.54, 1.807) is 0 Å². The number of carboxylic acids is 1. The van der Waals surface area contributed by atoms with Crippen LogP contribution in [0.5, 0.6) is 17.2 Å². The lowest BCUT2D eigenvalue weighted by Gasteiger charge is -2.17. The first-order chi connectivity index (χ1) is 11.6. The molecule has 1 amide bonds. The van der Waals surface area contributed by atoms with Gasteiger partial charge >= 0.3 is 12.1 Å². The molecule has 0 aromatic heterocycles. The van der Waals surface area contributed by atoms with Crippen LogP contribution in [0.2, 0.25) is 0 Å². The van der Waals surface area contributed by atoms with Gasteiger partial charge in [-0.05, 0) is 17.7 Å². The predicted octanol–water partition coefficient (Wildman–Crippen LogP) is 1.78. The van der Waals surface area contributed by atoms with Gasteiger partial charge in [0.1, 0.15) is 6.04 Å². The summed E-state index contributed by atoms with van der Waals surface area (Å²) in [5.74, 6) is -1.85. The molecule has 0 spiro atoms. The minimum atomic E-state index is -4.72. The largest absolute Gasteiger partial charge is 0.493 e. The third-order valence-corrected chi connectivity index (χ3v) is 3.16. The Morgan fingerprint density at radius 2 is 1.64 bits per heavy atom. The van der Waals surface area contributed by atoms with Crippen LogP contribution in [0.15, 0.2) is 12.1 Å². The second kappa shape index (κ2) is 8.45. The number of aliphatic carboxylic acids is 1. The molecule has 0 saturated carbocycles. The first-order valence-corrected chi connectivity index (χ1v) is 6.99. The van der Waals surface area contributed by atoms with Crippen LogP contribution in [0.1, 0.15) is 12.0 Å². The maximum absolute atomic E-state index is 12.4. The normalized spacial score (nSPS) is 12.2. The van der Waals surface area contributed by atoms with E-state index in [-0.39, 0.29) is 23.7 Å². The van der Waals surface area contributed by atoms with Gasteiger partial charge < -0.3 is 24.6 Å². The number of carboxylic acid groups (broad SMARTS) is 1. The van der Waals surface area contributed by atoms with Crippen molar-refractivity contribution in [3.8, 4) is 17.2 Å². The molecule has 1 unspecified atom stereocenters. The number of amides is 1. The van der Waals surface area contributed by atoms with E-state index in [1.165, 1.54) is 33.5 Å². The summed E-state index contributed by atoms with van der Waals surface area (Å²) in [6, 6.07) is 0.829. The molecule has 0 aliphatic carbocycles. The molecule has 2 N–H and O–H groups in total. The molecule has 7 nitrogen and oxygen atoms in total. The monoisotopic (exact) mass is 365 g/mol. The van der Waals surface area contributed by atoms with Crippen molar-refractivity contribution in [3.05, 3.63) is 17.7 Å². The third-order valence-electron chi connectivity index (χ3n) is 3.16. The standard InChI is InChI=1S/C15H18F3NO6/c1-23-10-4-8(5-11(24-2)13(10)25-3)6-12(20)19-9(14(21)22)7-15(16,17)18/h4-5,9H,6-7H2,1-3H3,(H,19,20)(H,21,22). The summed E-state index contributed by atoms with van der Waals surface area (Å²) >= 11 is 0. The van der Waals surface area contributed by atoms with E-state index in [2.05, 4.69) is 0 Å². The van der Waals surface area contributed by atoms with Crippen LogP contribution < -0.4 is 19.5 Å². The van der Waals surface area contributed by atoms with Gasteiger partial charge in [0.25, 0.3) is 0 Å². The number of methoxy groups -OCH3 is 3. The lowest BCUT2D eigenvalue weighted by molar-refractivity contribution is -0.159. The van der Waals surface area contributed by atoms with Crippen LogP contribution in [-0.4, -0.2) is 50.5 Å². The summed E-state index contributed by atoms with van der Waals surface area (Å²) in [6.45, 7) is 0. The summed E-state index contributed by atoms with van der Waals surface area (Å²) in [7, 11) is 4.12. The SMILES string of the molecule is COc1cc(CC(=O)NC(CC(F)(F)F)C(=O)O)cc(OC)c1OC. The minimum Gasteiger partial charge on any atom is -0.493 e. The maximum atomic E-state index is 12.4. The molecule has 0 fully saturated rings. The second-order valence-corrected chi connectivity index (χ2v) is 4.99. The van der Waals surface area contributed by atoms with Crippen molar-refractivity contribution in [1.29, 1.82) is 0 Å². The molecule has 140 valence electrons. The van der Waals surface area contributed by atoms with Crippen molar-refractivity contribution in [2.45, 2.75) is 25.1 Å². The first kappa shape index (κ1) is 20.4. The number of rotatable bonds is 8. The van der Waals surface area contributed by atoms with Crippen LogP contribution in [0.25, 0.3) is 0 Å². The van der Waals surface area contributed by atoms with E-state index in [0.29, 0.717) is 5.56 Å². The van der Waals surface area contributed by atoms with Crippen molar-refractivity contribution in [1.82, 2.24) is 5.32 Å². The zero-order valence-electron chi connectivity index (χ0n) is 13.8. The zero-order valence-corrected chi connectivity index (χ0v) is 13.8. The maximum Gasteiger partial charge on any atom is 0.391 e. The number of halogens is 3. The number of carbonyl (C=O) groups excluding carboxylic acids is 1. The molecule has 1 aromatic carbocycles. The number of ether oxygens (including phenoxy) is 3. The molecule has 10 heteroatoms. The van der Waals surface area contributed by atoms with Gasteiger partial charge in [0.2, 0.25) is 11.7 Å². The molecule has 0 radical (unpaired) electrons. The number of carbonyl (C=O) groups is 2. The fourth-order valence-electron chi connectivity index (χ4n) is 2.10. The highest BCUT2D eigenvalue weighted by Gasteiger charge is 2.36. The summed E-state index contributed by atoms with van der Waals surface area (Å²) in [5.41, 5.74) is 0.350. The number of nitrogens with one attached hydrogen (secondary N) is 1. The molecule has 1 aromatic rings. The Morgan fingerprint density at radius 3 is 2.00 bits per heavy atom. The highest BCUT2D eigenvalue weighted by Crippen LogP contribution is 2.38. The molecule has 1 rings (SSSR count). The first-order valence-electron chi connectivity index (χ1n) is 6.99. The van der Waals surface area contributed by atoms with Gasteiger partial charge in [-0.1, -0.05) is 0 Å². The van der Waals surface area contributed by atoms with Crippen LogP contribution >= 0.6 is 0 Å². The van der Waals surface area contributed by atoms with E-state index in [9.17, 15) is 22.8 Å². The Hall–Kier alpha value is -2.65. The highest BCUT2D eigenvalue weighted by atomic mass is 19.4. The van der Waals surface area contributed by atoms with Crippen molar-refractivity contribution in [3.63, 3.8) is 0 Å². The Morgan fingerprint density at radius 1 is 1.12 bits per heavy atom. The molecule has 0 bridgehead atoms. The van der Waals surface area contributed by atoms with Gasteiger partial charge in [-0.2, -0.15) is 13.2 Å². The van der Waals surface area contributed by atoms with E-state index in [4.69, 9.17) is 19.3 Å². The highest BCUT2D eigenvalue weighted by molar-refractivity contribution is 5.85. The van der Waals surface area contributed by atoms with Crippen molar-refractivity contribution >= 4 is 11.9 Å². The Balaban J connectivity index is 2.94. The topological polar surface area (TPSA) is 94.1 Å². The number of hydrogen-bond donors (Lipinski definition) is 2. The molecule has 0 aliphatic rings. The number of hydrogen-bond acceptors (Lipinski definition) is 5. The quantitative estimate of drug-likeness (QED) is 0.729. The van der Waals surface area contributed by atoms with E-state index >= 15 is 0 Å². The number of benzene rings is 1. The van der Waals surface area contributed by atoms with E-state index in [1.807, 2.05) is 5.32 Å². The van der Waals surface area contributed by atoms with Gasteiger partial charge in [-0.3, -0.25) is 4.79 Å². The van der Waals surface area contributed by atoms with Crippen LogP contribution in [0, 0.1) is 0 Å². The smallest absolute Gasteiger partial charge is 0.391 e. The Kier molecular flexibility index (Phi) is 6.89. The Bertz CT molecular complexity index is 607. The van der Waals surface area contributed by atoms with Crippen molar-refractivity contribution in [2.24, 2.45) is 0 Å². The second-order valence-electron chi connectivity index (χ2n) is 4.99. The lowest BCUT2D eigenvalue weighted by atomic mass is 10.1. The summed E-state index contributed by atoms with van der Waals surface area (Å²) in [6.07, 6.45) is -6.75. The average Bonchev–Trinajstić information content (AvgIpc) is 2.51.